The zero-order chi connectivity index (χ0) is 15.3. The number of rotatable bonds is 7. The standard InChI is InChI=1S/C14H19BrF2O3/c1-8-6-10(15)9(2)13(14(8)19-3)11(18)4-5-20-7-12(16)17/h6,11-12,18H,4-5,7H2,1-3H3. The van der Waals surface area contributed by atoms with E-state index in [1.165, 1.54) is 0 Å². The number of alkyl halides is 2. The molecule has 0 fully saturated rings. The number of ether oxygens (including phenoxy) is 2. The highest BCUT2D eigenvalue weighted by atomic mass is 79.9. The molecule has 1 aromatic rings. The highest BCUT2D eigenvalue weighted by Crippen LogP contribution is 2.37. The average molecular weight is 353 g/mol. The molecule has 0 aliphatic carbocycles. The number of halogens is 3. The van der Waals surface area contributed by atoms with Crippen molar-refractivity contribution in [3.8, 4) is 5.75 Å². The minimum absolute atomic E-state index is 0.0691. The minimum Gasteiger partial charge on any atom is -0.496 e. The summed E-state index contributed by atoms with van der Waals surface area (Å²) in [5.74, 6) is 0.618. The number of hydrogen-bond acceptors (Lipinski definition) is 3. The quantitative estimate of drug-likeness (QED) is 0.759. The lowest BCUT2D eigenvalue weighted by Gasteiger charge is -2.20. The molecule has 0 amide bonds. The predicted molar refractivity (Wildman–Crippen MR) is 76.6 cm³/mol. The second-order valence-corrected chi connectivity index (χ2v) is 5.37. The van der Waals surface area contributed by atoms with Gasteiger partial charge in [-0.25, -0.2) is 8.78 Å². The molecule has 0 aliphatic heterocycles. The first-order valence-corrected chi connectivity index (χ1v) is 7.05. The molecule has 1 aromatic carbocycles. The molecule has 0 saturated carbocycles. The molecule has 114 valence electrons. The summed E-state index contributed by atoms with van der Waals surface area (Å²) in [7, 11) is 1.54. The van der Waals surface area contributed by atoms with Gasteiger partial charge in [-0.1, -0.05) is 15.9 Å². The molecule has 0 aromatic heterocycles. The molecule has 0 spiro atoms. The summed E-state index contributed by atoms with van der Waals surface area (Å²) in [5.41, 5.74) is 2.43. The van der Waals surface area contributed by atoms with Gasteiger partial charge in [0.25, 0.3) is 6.43 Å². The third-order valence-corrected chi connectivity index (χ3v) is 3.85. The van der Waals surface area contributed by atoms with Crippen molar-refractivity contribution in [1.29, 1.82) is 0 Å². The molecule has 3 nitrogen and oxygen atoms in total. The zero-order valence-electron chi connectivity index (χ0n) is 11.8. The van der Waals surface area contributed by atoms with Crippen molar-refractivity contribution in [1.82, 2.24) is 0 Å². The first-order chi connectivity index (χ1) is 9.38. The van der Waals surface area contributed by atoms with Gasteiger partial charge in [0, 0.05) is 23.1 Å². The zero-order valence-corrected chi connectivity index (χ0v) is 13.3. The van der Waals surface area contributed by atoms with Crippen LogP contribution >= 0.6 is 15.9 Å². The Labute approximate surface area is 126 Å². The second kappa shape index (κ2) is 7.90. The Morgan fingerprint density at radius 1 is 1.35 bits per heavy atom. The maximum atomic E-state index is 12.0. The summed E-state index contributed by atoms with van der Waals surface area (Å²) < 4.78 is 34.9. The van der Waals surface area contributed by atoms with Crippen molar-refractivity contribution in [2.75, 3.05) is 20.3 Å². The molecule has 6 heteroatoms. The van der Waals surface area contributed by atoms with Crippen LogP contribution in [0.1, 0.15) is 29.2 Å². The number of aryl methyl sites for hydroxylation is 1. The molecule has 0 heterocycles. The number of aliphatic hydroxyl groups excluding tert-OH is 1. The smallest absolute Gasteiger partial charge is 0.261 e. The van der Waals surface area contributed by atoms with Crippen LogP contribution in [-0.4, -0.2) is 31.9 Å². The Bertz CT molecular complexity index is 453. The van der Waals surface area contributed by atoms with Crippen molar-refractivity contribution < 1.29 is 23.4 Å². The van der Waals surface area contributed by atoms with Crippen LogP contribution in [0, 0.1) is 13.8 Å². The van der Waals surface area contributed by atoms with E-state index in [2.05, 4.69) is 15.9 Å². The normalized spacial score (nSPS) is 12.8. The van der Waals surface area contributed by atoms with Gasteiger partial charge in [-0.15, -0.1) is 0 Å². The fraction of sp³-hybridized carbons (Fsp3) is 0.571. The molecule has 1 rings (SSSR count). The molecule has 20 heavy (non-hydrogen) atoms. The molecule has 0 saturated heterocycles. The van der Waals surface area contributed by atoms with Crippen molar-refractivity contribution in [3.63, 3.8) is 0 Å². The average Bonchev–Trinajstić information content (AvgIpc) is 2.38. The Morgan fingerprint density at radius 3 is 2.55 bits per heavy atom. The molecular weight excluding hydrogens is 334 g/mol. The van der Waals surface area contributed by atoms with Crippen LogP contribution in [0.5, 0.6) is 5.75 Å². The van der Waals surface area contributed by atoms with Crippen LogP contribution in [0.15, 0.2) is 10.5 Å². The molecule has 1 atom stereocenters. The molecule has 0 bridgehead atoms. The maximum Gasteiger partial charge on any atom is 0.261 e. The van der Waals surface area contributed by atoms with E-state index in [9.17, 15) is 13.9 Å². The van der Waals surface area contributed by atoms with Gasteiger partial charge in [0.15, 0.2) is 0 Å². The van der Waals surface area contributed by atoms with E-state index in [0.717, 1.165) is 15.6 Å². The van der Waals surface area contributed by atoms with Crippen LogP contribution < -0.4 is 4.74 Å². The van der Waals surface area contributed by atoms with Gasteiger partial charge in [-0.05, 0) is 31.0 Å². The van der Waals surface area contributed by atoms with E-state index >= 15 is 0 Å². The molecular formula is C14H19BrF2O3. The van der Waals surface area contributed by atoms with Crippen LogP contribution in [0.3, 0.4) is 0 Å². The lowest BCUT2D eigenvalue weighted by atomic mass is 9.97. The first-order valence-electron chi connectivity index (χ1n) is 6.26. The van der Waals surface area contributed by atoms with E-state index in [-0.39, 0.29) is 13.0 Å². The Hall–Kier alpha value is -0.720. The topological polar surface area (TPSA) is 38.7 Å². The van der Waals surface area contributed by atoms with Crippen LogP contribution in [0.2, 0.25) is 0 Å². The summed E-state index contributed by atoms with van der Waals surface area (Å²) in [6.07, 6.45) is -3.07. The Morgan fingerprint density at radius 2 is 2.00 bits per heavy atom. The summed E-state index contributed by atoms with van der Waals surface area (Å²) in [4.78, 5) is 0. The predicted octanol–water partition coefficient (Wildman–Crippen LogP) is 3.78. The lowest BCUT2D eigenvalue weighted by Crippen LogP contribution is -2.11. The van der Waals surface area contributed by atoms with Gasteiger partial charge in [-0.3, -0.25) is 0 Å². The number of benzene rings is 1. The SMILES string of the molecule is COc1c(C)cc(Br)c(C)c1C(O)CCOCC(F)F. The summed E-state index contributed by atoms with van der Waals surface area (Å²) in [6, 6.07) is 1.91. The third kappa shape index (κ3) is 4.40. The van der Waals surface area contributed by atoms with Crippen LogP contribution in [-0.2, 0) is 4.74 Å². The van der Waals surface area contributed by atoms with E-state index in [1.807, 2.05) is 19.9 Å². The monoisotopic (exact) mass is 352 g/mol. The van der Waals surface area contributed by atoms with E-state index < -0.39 is 19.1 Å². The summed E-state index contributed by atoms with van der Waals surface area (Å²) in [6.45, 7) is 3.21. The largest absolute Gasteiger partial charge is 0.496 e. The summed E-state index contributed by atoms with van der Waals surface area (Å²) >= 11 is 3.43. The molecule has 1 N–H and O–H groups in total. The van der Waals surface area contributed by atoms with Gasteiger partial charge >= 0.3 is 0 Å². The van der Waals surface area contributed by atoms with Gasteiger partial charge in [0.05, 0.1) is 13.2 Å². The Balaban J connectivity index is 2.83. The molecule has 0 aliphatic rings. The van der Waals surface area contributed by atoms with Gasteiger partial charge in [0.1, 0.15) is 12.4 Å². The minimum atomic E-state index is -2.49. The van der Waals surface area contributed by atoms with Gasteiger partial charge in [-0.2, -0.15) is 0 Å². The highest BCUT2D eigenvalue weighted by molar-refractivity contribution is 9.10. The van der Waals surface area contributed by atoms with Gasteiger partial charge < -0.3 is 14.6 Å². The van der Waals surface area contributed by atoms with E-state index in [0.29, 0.717) is 11.3 Å². The highest BCUT2D eigenvalue weighted by Gasteiger charge is 2.20. The third-order valence-electron chi connectivity index (χ3n) is 3.03. The van der Waals surface area contributed by atoms with Gasteiger partial charge in [0.2, 0.25) is 0 Å². The van der Waals surface area contributed by atoms with Crippen LogP contribution in [0.25, 0.3) is 0 Å². The number of methoxy groups -OCH3 is 1. The molecule has 1 unspecified atom stereocenters. The summed E-state index contributed by atoms with van der Waals surface area (Å²) in [5, 5.41) is 10.3. The van der Waals surface area contributed by atoms with Crippen molar-refractivity contribution in [2.45, 2.75) is 32.8 Å². The van der Waals surface area contributed by atoms with E-state index in [1.54, 1.807) is 7.11 Å². The lowest BCUT2D eigenvalue weighted by molar-refractivity contribution is 0.00453. The first kappa shape index (κ1) is 17.3. The molecule has 0 radical (unpaired) electrons. The second-order valence-electron chi connectivity index (χ2n) is 4.52. The number of aliphatic hydroxyl groups is 1. The van der Waals surface area contributed by atoms with E-state index in [4.69, 9.17) is 9.47 Å². The number of hydrogen-bond donors (Lipinski definition) is 1. The van der Waals surface area contributed by atoms with Crippen molar-refractivity contribution in [3.05, 3.63) is 27.2 Å². The fourth-order valence-corrected chi connectivity index (χ4v) is 2.62. The van der Waals surface area contributed by atoms with Crippen molar-refractivity contribution >= 4 is 15.9 Å². The van der Waals surface area contributed by atoms with Crippen molar-refractivity contribution in [2.24, 2.45) is 0 Å². The maximum absolute atomic E-state index is 12.0. The Kier molecular flexibility index (Phi) is 6.85. The fourth-order valence-electron chi connectivity index (χ4n) is 2.06. The van der Waals surface area contributed by atoms with Crippen LogP contribution in [0.4, 0.5) is 8.78 Å².